The second-order valence-corrected chi connectivity index (χ2v) is 5.09. The van der Waals surface area contributed by atoms with Gasteiger partial charge < -0.3 is 10.3 Å². The van der Waals surface area contributed by atoms with Crippen LogP contribution in [-0.4, -0.2) is 16.5 Å². The molecular weight excluding hydrogens is 246 g/mol. The highest BCUT2D eigenvalue weighted by Gasteiger charge is 2.10. The van der Waals surface area contributed by atoms with Crippen molar-refractivity contribution in [3.63, 3.8) is 0 Å². The van der Waals surface area contributed by atoms with Crippen molar-refractivity contribution in [3.05, 3.63) is 33.8 Å². The molecular formula is C13H13N3OS. The van der Waals surface area contributed by atoms with E-state index in [4.69, 9.17) is 0 Å². The fraction of sp³-hybridized carbons (Fsp3) is 0.231. The molecule has 3 rings (SSSR count). The fourth-order valence-electron chi connectivity index (χ4n) is 1.96. The molecule has 0 bridgehead atoms. The van der Waals surface area contributed by atoms with Crippen LogP contribution in [0.1, 0.15) is 13.3 Å². The third kappa shape index (κ3) is 1.76. The number of aromatic nitrogens is 2. The van der Waals surface area contributed by atoms with Crippen LogP contribution in [0.5, 0.6) is 0 Å². The number of para-hydroxylation sites is 1. The summed E-state index contributed by atoms with van der Waals surface area (Å²) >= 11 is 1.15. The van der Waals surface area contributed by atoms with Gasteiger partial charge in [0.05, 0.1) is 0 Å². The first-order valence-corrected chi connectivity index (χ1v) is 6.76. The molecule has 2 N–H and O–H groups in total. The highest BCUT2D eigenvalue weighted by Crippen LogP contribution is 2.23. The number of nitrogens with one attached hydrogen (secondary N) is 2. The van der Waals surface area contributed by atoms with Crippen molar-refractivity contribution in [2.75, 3.05) is 11.9 Å². The van der Waals surface area contributed by atoms with Crippen molar-refractivity contribution in [2.24, 2.45) is 0 Å². The predicted molar refractivity (Wildman–Crippen MR) is 76.5 cm³/mol. The lowest BCUT2D eigenvalue weighted by Crippen LogP contribution is -2.04. The number of fused-ring (bicyclic) bond motifs is 3. The summed E-state index contributed by atoms with van der Waals surface area (Å²) in [5, 5.41) is 4.87. The van der Waals surface area contributed by atoms with Gasteiger partial charge >= 0.3 is 0 Å². The van der Waals surface area contributed by atoms with Gasteiger partial charge in [0.15, 0.2) is 5.13 Å². The van der Waals surface area contributed by atoms with E-state index >= 15 is 0 Å². The van der Waals surface area contributed by atoms with E-state index in [1.165, 1.54) is 0 Å². The quantitative estimate of drug-likeness (QED) is 0.760. The zero-order chi connectivity index (χ0) is 12.5. The van der Waals surface area contributed by atoms with Gasteiger partial charge in [-0.3, -0.25) is 4.79 Å². The number of rotatable bonds is 3. The normalized spacial score (nSPS) is 11.2. The Hall–Kier alpha value is -1.88. The molecule has 2 heterocycles. The summed E-state index contributed by atoms with van der Waals surface area (Å²) < 4.78 is 0.0230. The standard InChI is InChI=1S/C13H13N3OS/c1-2-7-14-13-16-10-8-5-3-4-6-9(8)15-11(10)12(17)18-13/h3-6,15H,2,7H2,1H3,(H,14,16). The van der Waals surface area contributed by atoms with E-state index in [9.17, 15) is 4.79 Å². The fourth-order valence-corrected chi connectivity index (χ4v) is 2.70. The Labute approximate surface area is 108 Å². The van der Waals surface area contributed by atoms with E-state index in [0.717, 1.165) is 40.7 Å². The van der Waals surface area contributed by atoms with E-state index in [1.807, 2.05) is 24.3 Å². The lowest BCUT2D eigenvalue weighted by Gasteiger charge is -2.01. The Morgan fingerprint density at radius 2 is 2.22 bits per heavy atom. The highest BCUT2D eigenvalue weighted by atomic mass is 32.1. The van der Waals surface area contributed by atoms with Crippen LogP contribution in [0.15, 0.2) is 29.1 Å². The molecule has 0 saturated carbocycles. The molecule has 0 atom stereocenters. The Morgan fingerprint density at radius 3 is 3.06 bits per heavy atom. The van der Waals surface area contributed by atoms with Crippen LogP contribution >= 0.6 is 11.3 Å². The number of aromatic amines is 1. The predicted octanol–water partition coefficient (Wildman–Crippen LogP) is 2.96. The first kappa shape index (κ1) is 11.2. The molecule has 0 aliphatic rings. The molecule has 1 aromatic carbocycles. The van der Waals surface area contributed by atoms with Crippen molar-refractivity contribution < 1.29 is 0 Å². The zero-order valence-corrected chi connectivity index (χ0v) is 10.8. The van der Waals surface area contributed by atoms with Gasteiger partial charge in [-0.05, 0) is 12.5 Å². The molecule has 0 fully saturated rings. The number of H-pyrrole nitrogens is 1. The Morgan fingerprint density at radius 1 is 1.39 bits per heavy atom. The van der Waals surface area contributed by atoms with E-state index in [2.05, 4.69) is 22.2 Å². The lowest BCUT2D eigenvalue weighted by molar-refractivity contribution is 0.977. The van der Waals surface area contributed by atoms with E-state index in [0.29, 0.717) is 10.6 Å². The molecule has 0 unspecified atom stereocenters. The second-order valence-electron chi connectivity index (χ2n) is 4.13. The minimum atomic E-state index is 0.0230. The Kier molecular flexibility index (Phi) is 2.76. The largest absolute Gasteiger partial charge is 0.361 e. The van der Waals surface area contributed by atoms with Crippen molar-refractivity contribution in [2.45, 2.75) is 13.3 Å². The van der Waals surface area contributed by atoms with Crippen LogP contribution in [0.2, 0.25) is 0 Å². The summed E-state index contributed by atoms with van der Waals surface area (Å²) in [7, 11) is 0. The third-order valence-electron chi connectivity index (χ3n) is 2.81. The molecule has 0 spiro atoms. The van der Waals surface area contributed by atoms with Gasteiger partial charge in [0.25, 0.3) is 4.74 Å². The molecule has 0 radical (unpaired) electrons. The molecule has 5 heteroatoms. The molecule has 0 amide bonds. The average molecular weight is 259 g/mol. The summed E-state index contributed by atoms with van der Waals surface area (Å²) in [5.74, 6) is 0. The van der Waals surface area contributed by atoms with Crippen LogP contribution in [0.25, 0.3) is 21.9 Å². The van der Waals surface area contributed by atoms with Gasteiger partial charge in [0, 0.05) is 17.4 Å². The molecule has 0 aliphatic carbocycles. The summed E-state index contributed by atoms with van der Waals surface area (Å²) in [6.07, 6.45) is 1.01. The SMILES string of the molecule is CCCNc1nc2c([nH]c3ccccc32)c(=O)s1. The van der Waals surface area contributed by atoms with Gasteiger partial charge in [-0.15, -0.1) is 0 Å². The Bertz CT molecular complexity index is 760. The maximum atomic E-state index is 12.0. The van der Waals surface area contributed by atoms with E-state index in [-0.39, 0.29) is 4.74 Å². The van der Waals surface area contributed by atoms with Gasteiger partial charge in [-0.1, -0.05) is 36.5 Å². The Balaban J connectivity index is 2.27. The first-order chi connectivity index (χ1) is 8.79. The maximum Gasteiger partial charge on any atom is 0.261 e. The zero-order valence-electron chi connectivity index (χ0n) is 9.99. The molecule has 2 aromatic heterocycles. The highest BCUT2D eigenvalue weighted by molar-refractivity contribution is 7.13. The van der Waals surface area contributed by atoms with Gasteiger partial charge in [0.2, 0.25) is 0 Å². The van der Waals surface area contributed by atoms with Gasteiger partial charge in [-0.25, -0.2) is 4.98 Å². The topological polar surface area (TPSA) is 57.8 Å². The average Bonchev–Trinajstić information content (AvgIpc) is 2.76. The van der Waals surface area contributed by atoms with Gasteiger partial charge in [0.1, 0.15) is 11.0 Å². The first-order valence-electron chi connectivity index (χ1n) is 5.95. The second kappa shape index (κ2) is 4.42. The van der Waals surface area contributed by atoms with Crippen molar-refractivity contribution in [3.8, 4) is 0 Å². The summed E-state index contributed by atoms with van der Waals surface area (Å²) in [6, 6.07) is 7.84. The van der Waals surface area contributed by atoms with Crippen LogP contribution in [0.3, 0.4) is 0 Å². The van der Waals surface area contributed by atoms with Crippen LogP contribution in [0, 0.1) is 0 Å². The monoisotopic (exact) mass is 259 g/mol. The molecule has 4 nitrogen and oxygen atoms in total. The number of anilines is 1. The molecule has 0 aliphatic heterocycles. The lowest BCUT2D eigenvalue weighted by atomic mass is 10.2. The van der Waals surface area contributed by atoms with Crippen molar-refractivity contribution >= 4 is 38.4 Å². The number of hydrogen-bond acceptors (Lipinski definition) is 4. The third-order valence-corrected chi connectivity index (χ3v) is 3.63. The van der Waals surface area contributed by atoms with Gasteiger partial charge in [-0.2, -0.15) is 0 Å². The summed E-state index contributed by atoms with van der Waals surface area (Å²) in [4.78, 5) is 19.7. The number of hydrogen-bond donors (Lipinski definition) is 2. The summed E-state index contributed by atoms with van der Waals surface area (Å²) in [5.41, 5.74) is 2.31. The summed E-state index contributed by atoms with van der Waals surface area (Å²) in [6.45, 7) is 2.91. The van der Waals surface area contributed by atoms with Crippen LogP contribution in [0.4, 0.5) is 5.13 Å². The molecule has 18 heavy (non-hydrogen) atoms. The van der Waals surface area contributed by atoms with Crippen LogP contribution in [-0.2, 0) is 0 Å². The minimum absolute atomic E-state index is 0.0230. The van der Waals surface area contributed by atoms with E-state index in [1.54, 1.807) is 0 Å². The van der Waals surface area contributed by atoms with Crippen molar-refractivity contribution in [1.29, 1.82) is 0 Å². The van der Waals surface area contributed by atoms with E-state index < -0.39 is 0 Å². The minimum Gasteiger partial charge on any atom is -0.361 e. The molecule has 3 aromatic rings. The van der Waals surface area contributed by atoms with Crippen LogP contribution < -0.4 is 10.1 Å². The van der Waals surface area contributed by atoms with Crippen molar-refractivity contribution in [1.82, 2.24) is 9.97 Å². The number of nitrogens with zero attached hydrogens (tertiary/aromatic N) is 1. The maximum absolute atomic E-state index is 12.0. The molecule has 0 saturated heterocycles. The molecule has 92 valence electrons. The smallest absolute Gasteiger partial charge is 0.261 e. The number of benzene rings is 1.